The minimum absolute atomic E-state index is 0.00405. The zero-order valence-electron chi connectivity index (χ0n) is 14.1. The molecule has 142 valence electrons. The first-order valence-electron chi connectivity index (χ1n) is 8.14. The zero-order valence-corrected chi connectivity index (χ0v) is 14.9. The highest BCUT2D eigenvalue weighted by molar-refractivity contribution is 6.30. The summed E-state index contributed by atoms with van der Waals surface area (Å²) in [5, 5.41) is 2.53. The van der Waals surface area contributed by atoms with E-state index in [0.717, 1.165) is 6.07 Å². The van der Waals surface area contributed by atoms with Crippen LogP contribution in [0.4, 0.5) is 10.1 Å². The van der Waals surface area contributed by atoms with Gasteiger partial charge in [-0.2, -0.15) is 0 Å². The van der Waals surface area contributed by atoms with Crippen LogP contribution in [0.3, 0.4) is 0 Å². The number of nitrogens with one attached hydrogen (secondary N) is 1. The fourth-order valence-electron chi connectivity index (χ4n) is 2.71. The van der Waals surface area contributed by atoms with Crippen molar-refractivity contribution in [2.24, 2.45) is 5.92 Å². The minimum atomic E-state index is -0.707. The standard InChI is InChI=1S/C18H16ClFN2O5/c19-12-3-4-14(20)15(7-12)21-16(23)10-27-18(25)11-6-17(24)22(8-11)9-13-2-1-5-26-13/h1-5,7,11H,6,8-10H2,(H,21,23)/t11-/m0/s1. The number of furan rings is 1. The van der Waals surface area contributed by atoms with Gasteiger partial charge in [-0.15, -0.1) is 0 Å². The number of benzene rings is 1. The van der Waals surface area contributed by atoms with E-state index in [1.807, 2.05) is 0 Å². The zero-order chi connectivity index (χ0) is 19.4. The maximum atomic E-state index is 13.6. The van der Waals surface area contributed by atoms with Gasteiger partial charge in [0.05, 0.1) is 24.4 Å². The van der Waals surface area contributed by atoms with Crippen molar-refractivity contribution in [3.8, 4) is 0 Å². The number of rotatable bonds is 6. The van der Waals surface area contributed by atoms with Gasteiger partial charge in [-0.1, -0.05) is 11.6 Å². The van der Waals surface area contributed by atoms with Crippen molar-refractivity contribution in [3.63, 3.8) is 0 Å². The van der Waals surface area contributed by atoms with Gasteiger partial charge in [0.15, 0.2) is 6.61 Å². The molecular formula is C18H16ClFN2O5. The van der Waals surface area contributed by atoms with Gasteiger partial charge in [0, 0.05) is 18.0 Å². The third-order valence-electron chi connectivity index (χ3n) is 4.02. The molecule has 9 heteroatoms. The summed E-state index contributed by atoms with van der Waals surface area (Å²) in [7, 11) is 0. The van der Waals surface area contributed by atoms with E-state index in [1.54, 1.807) is 12.1 Å². The average molecular weight is 395 g/mol. The van der Waals surface area contributed by atoms with Gasteiger partial charge in [-0.25, -0.2) is 4.39 Å². The van der Waals surface area contributed by atoms with Crippen molar-refractivity contribution in [1.82, 2.24) is 4.90 Å². The summed E-state index contributed by atoms with van der Waals surface area (Å²) in [6.07, 6.45) is 1.51. The number of amides is 2. The summed E-state index contributed by atoms with van der Waals surface area (Å²) in [6, 6.07) is 7.15. The van der Waals surface area contributed by atoms with E-state index in [1.165, 1.54) is 23.3 Å². The van der Waals surface area contributed by atoms with E-state index >= 15 is 0 Å². The molecule has 2 heterocycles. The van der Waals surface area contributed by atoms with Crippen molar-refractivity contribution < 1.29 is 27.9 Å². The van der Waals surface area contributed by atoms with Crippen LogP contribution < -0.4 is 5.32 Å². The molecule has 2 aromatic rings. The highest BCUT2D eigenvalue weighted by Gasteiger charge is 2.35. The van der Waals surface area contributed by atoms with E-state index in [9.17, 15) is 18.8 Å². The number of carbonyl (C=O) groups is 3. The van der Waals surface area contributed by atoms with Crippen LogP contribution in [0, 0.1) is 11.7 Å². The van der Waals surface area contributed by atoms with Crippen molar-refractivity contribution in [2.75, 3.05) is 18.5 Å². The number of likely N-dealkylation sites (tertiary alicyclic amines) is 1. The molecule has 0 radical (unpaired) electrons. The lowest BCUT2D eigenvalue weighted by atomic mass is 10.1. The Labute approximate surface area is 159 Å². The van der Waals surface area contributed by atoms with Gasteiger partial charge < -0.3 is 19.4 Å². The van der Waals surface area contributed by atoms with Crippen LogP contribution >= 0.6 is 11.6 Å². The molecule has 0 saturated carbocycles. The lowest BCUT2D eigenvalue weighted by Gasteiger charge is -2.14. The quantitative estimate of drug-likeness (QED) is 0.761. The third-order valence-corrected chi connectivity index (χ3v) is 4.26. The van der Waals surface area contributed by atoms with E-state index in [4.69, 9.17) is 20.8 Å². The largest absolute Gasteiger partial charge is 0.467 e. The predicted octanol–water partition coefficient (Wildman–Crippen LogP) is 2.60. The summed E-state index contributed by atoms with van der Waals surface area (Å²) >= 11 is 5.75. The molecule has 0 aliphatic carbocycles. The van der Waals surface area contributed by atoms with E-state index in [2.05, 4.69) is 5.32 Å². The molecule has 1 aliphatic rings. The number of esters is 1. The molecule has 0 bridgehead atoms. The Balaban J connectivity index is 1.48. The minimum Gasteiger partial charge on any atom is -0.467 e. The normalized spacial score (nSPS) is 16.4. The second kappa shape index (κ2) is 8.22. The van der Waals surface area contributed by atoms with Gasteiger partial charge >= 0.3 is 5.97 Å². The highest BCUT2D eigenvalue weighted by atomic mass is 35.5. The molecule has 1 aromatic carbocycles. The highest BCUT2D eigenvalue weighted by Crippen LogP contribution is 2.22. The lowest BCUT2D eigenvalue weighted by molar-refractivity contribution is -0.151. The number of nitrogens with zero attached hydrogens (tertiary/aromatic N) is 1. The second-order valence-electron chi connectivity index (χ2n) is 6.03. The number of hydrogen-bond acceptors (Lipinski definition) is 5. The van der Waals surface area contributed by atoms with Crippen molar-refractivity contribution in [3.05, 3.63) is 53.2 Å². The monoisotopic (exact) mass is 394 g/mol. The lowest BCUT2D eigenvalue weighted by Crippen LogP contribution is -2.28. The molecule has 1 aromatic heterocycles. The van der Waals surface area contributed by atoms with Gasteiger partial charge in [-0.05, 0) is 30.3 Å². The van der Waals surface area contributed by atoms with Crippen LogP contribution in [0.1, 0.15) is 12.2 Å². The molecule has 0 spiro atoms. The summed E-state index contributed by atoms with van der Waals surface area (Å²) in [6.45, 7) is -0.138. The molecule has 1 fully saturated rings. The maximum absolute atomic E-state index is 13.6. The predicted molar refractivity (Wildman–Crippen MR) is 93.2 cm³/mol. The maximum Gasteiger partial charge on any atom is 0.311 e. The molecule has 7 nitrogen and oxygen atoms in total. The van der Waals surface area contributed by atoms with E-state index in [0.29, 0.717) is 5.76 Å². The van der Waals surface area contributed by atoms with Crippen molar-refractivity contribution in [1.29, 1.82) is 0 Å². The molecule has 0 unspecified atom stereocenters. The molecule has 1 aliphatic heterocycles. The van der Waals surface area contributed by atoms with Gasteiger partial charge in [-0.3, -0.25) is 14.4 Å². The summed E-state index contributed by atoms with van der Waals surface area (Å²) in [5.41, 5.74) is -0.107. The Hall–Kier alpha value is -2.87. The van der Waals surface area contributed by atoms with Crippen LogP contribution in [0.2, 0.25) is 5.02 Å². The molecule has 2 amide bonds. The number of hydrogen-bond donors (Lipinski definition) is 1. The fourth-order valence-corrected chi connectivity index (χ4v) is 2.88. The van der Waals surface area contributed by atoms with Gasteiger partial charge in [0.1, 0.15) is 11.6 Å². The Morgan fingerprint density at radius 1 is 1.37 bits per heavy atom. The number of halogens is 2. The van der Waals surface area contributed by atoms with Gasteiger partial charge in [0.2, 0.25) is 5.91 Å². The topological polar surface area (TPSA) is 88.9 Å². The van der Waals surface area contributed by atoms with Crippen LogP contribution in [0.5, 0.6) is 0 Å². The number of ether oxygens (including phenoxy) is 1. The third kappa shape index (κ3) is 4.85. The molecule has 1 atom stereocenters. The smallest absolute Gasteiger partial charge is 0.311 e. The van der Waals surface area contributed by atoms with Crippen molar-refractivity contribution >= 4 is 35.1 Å². The first kappa shape index (κ1) is 18.9. The first-order valence-corrected chi connectivity index (χ1v) is 8.52. The Bertz CT molecular complexity index is 855. The SMILES string of the molecule is O=C(COC(=O)[C@H]1CC(=O)N(Cc2ccco2)C1)Nc1cc(Cl)ccc1F. The Morgan fingerprint density at radius 2 is 2.19 bits per heavy atom. The fraction of sp³-hybridized carbons (Fsp3) is 0.278. The average Bonchev–Trinajstić information content (AvgIpc) is 3.27. The van der Waals surface area contributed by atoms with Crippen molar-refractivity contribution in [2.45, 2.75) is 13.0 Å². The molecular weight excluding hydrogens is 379 g/mol. The first-order chi connectivity index (χ1) is 12.9. The van der Waals surface area contributed by atoms with Crippen LogP contribution in [0.25, 0.3) is 0 Å². The summed E-state index contributed by atoms with van der Waals surface area (Å²) in [5.74, 6) is -2.27. The summed E-state index contributed by atoms with van der Waals surface area (Å²) < 4.78 is 23.7. The summed E-state index contributed by atoms with van der Waals surface area (Å²) in [4.78, 5) is 37.5. The molecule has 1 saturated heterocycles. The Kier molecular flexibility index (Phi) is 5.75. The molecule has 3 rings (SSSR count). The number of carbonyl (C=O) groups excluding carboxylic acids is 3. The van der Waals surface area contributed by atoms with E-state index in [-0.39, 0.29) is 36.1 Å². The van der Waals surface area contributed by atoms with Crippen LogP contribution in [-0.2, 0) is 25.7 Å². The van der Waals surface area contributed by atoms with Gasteiger partial charge in [0.25, 0.3) is 5.91 Å². The Morgan fingerprint density at radius 3 is 2.93 bits per heavy atom. The number of anilines is 1. The van der Waals surface area contributed by atoms with Crippen LogP contribution in [-0.4, -0.2) is 35.8 Å². The molecule has 27 heavy (non-hydrogen) atoms. The second-order valence-corrected chi connectivity index (χ2v) is 6.47. The van der Waals surface area contributed by atoms with E-state index < -0.39 is 30.2 Å². The van der Waals surface area contributed by atoms with Crippen LogP contribution in [0.15, 0.2) is 41.0 Å². The molecule has 1 N–H and O–H groups in total.